The van der Waals surface area contributed by atoms with Crippen LogP contribution in [0.4, 0.5) is 0 Å². The summed E-state index contributed by atoms with van der Waals surface area (Å²) in [5.74, 6) is 0.797. The molecule has 0 spiro atoms. The SMILES string of the molecule is CC1(C)CCN(CC(C)(N)C2CC2)C1. The molecule has 0 radical (unpaired) electrons. The number of nitrogens with two attached hydrogens (primary N) is 1. The molecule has 2 heteroatoms. The summed E-state index contributed by atoms with van der Waals surface area (Å²) >= 11 is 0. The van der Waals surface area contributed by atoms with Gasteiger partial charge in [0.15, 0.2) is 0 Å². The van der Waals surface area contributed by atoms with Crippen LogP contribution < -0.4 is 5.73 Å². The van der Waals surface area contributed by atoms with Crippen LogP contribution in [0.25, 0.3) is 0 Å². The average Bonchev–Trinajstić information content (AvgIpc) is 2.78. The van der Waals surface area contributed by atoms with Crippen molar-refractivity contribution in [2.75, 3.05) is 19.6 Å². The molecule has 0 amide bonds. The van der Waals surface area contributed by atoms with Crippen LogP contribution in [0.3, 0.4) is 0 Å². The fourth-order valence-corrected chi connectivity index (χ4v) is 2.71. The first kappa shape index (κ1) is 10.4. The second-order valence-electron chi connectivity index (χ2n) is 6.40. The summed E-state index contributed by atoms with van der Waals surface area (Å²) in [6, 6.07) is 0. The third kappa shape index (κ3) is 2.29. The molecule has 14 heavy (non-hydrogen) atoms. The minimum Gasteiger partial charge on any atom is -0.324 e. The molecule has 2 N–H and O–H groups in total. The number of hydrogen-bond donors (Lipinski definition) is 1. The summed E-state index contributed by atoms with van der Waals surface area (Å²) in [6.07, 6.45) is 4.03. The Labute approximate surface area is 87.8 Å². The molecule has 1 unspecified atom stereocenters. The van der Waals surface area contributed by atoms with E-state index in [1.807, 2.05) is 0 Å². The van der Waals surface area contributed by atoms with E-state index >= 15 is 0 Å². The molecule has 1 aliphatic carbocycles. The van der Waals surface area contributed by atoms with Gasteiger partial charge in [0.1, 0.15) is 0 Å². The minimum absolute atomic E-state index is 0.0699. The standard InChI is InChI=1S/C12H24N2/c1-11(2)6-7-14(8-11)9-12(3,13)10-4-5-10/h10H,4-9,13H2,1-3H3. The maximum absolute atomic E-state index is 6.35. The Morgan fingerprint density at radius 1 is 1.43 bits per heavy atom. The van der Waals surface area contributed by atoms with Gasteiger partial charge in [0, 0.05) is 18.6 Å². The molecule has 2 fully saturated rings. The Morgan fingerprint density at radius 3 is 2.50 bits per heavy atom. The first-order valence-electron chi connectivity index (χ1n) is 5.90. The molecule has 0 aromatic rings. The Bertz CT molecular complexity index is 216. The summed E-state index contributed by atoms with van der Waals surface area (Å²) in [7, 11) is 0. The van der Waals surface area contributed by atoms with Crippen molar-refractivity contribution in [3.05, 3.63) is 0 Å². The lowest BCUT2D eigenvalue weighted by Crippen LogP contribution is -2.49. The molecule has 1 saturated heterocycles. The average molecular weight is 196 g/mol. The summed E-state index contributed by atoms with van der Waals surface area (Å²) in [4.78, 5) is 2.55. The van der Waals surface area contributed by atoms with E-state index in [1.165, 1.54) is 32.4 Å². The zero-order chi connectivity index (χ0) is 10.4. The predicted molar refractivity (Wildman–Crippen MR) is 60.2 cm³/mol. The Hall–Kier alpha value is -0.0800. The van der Waals surface area contributed by atoms with E-state index in [2.05, 4.69) is 25.7 Å². The maximum atomic E-state index is 6.35. The zero-order valence-electron chi connectivity index (χ0n) is 9.84. The predicted octanol–water partition coefficient (Wildman–Crippen LogP) is 1.85. The normalized spacial score (nSPS) is 31.7. The molecule has 1 aliphatic heterocycles. The number of hydrogen-bond acceptors (Lipinski definition) is 2. The molecular weight excluding hydrogens is 172 g/mol. The second-order valence-corrected chi connectivity index (χ2v) is 6.40. The Morgan fingerprint density at radius 2 is 2.07 bits per heavy atom. The van der Waals surface area contributed by atoms with Gasteiger partial charge in [0.2, 0.25) is 0 Å². The van der Waals surface area contributed by atoms with Crippen molar-refractivity contribution in [3.63, 3.8) is 0 Å². The number of nitrogens with zero attached hydrogens (tertiary/aromatic N) is 1. The Balaban J connectivity index is 1.86. The largest absolute Gasteiger partial charge is 0.324 e. The van der Waals surface area contributed by atoms with E-state index in [9.17, 15) is 0 Å². The summed E-state index contributed by atoms with van der Waals surface area (Å²) in [6.45, 7) is 10.5. The van der Waals surface area contributed by atoms with Gasteiger partial charge in [-0.2, -0.15) is 0 Å². The number of likely N-dealkylation sites (tertiary alicyclic amines) is 1. The topological polar surface area (TPSA) is 29.3 Å². The molecule has 0 aromatic heterocycles. The van der Waals surface area contributed by atoms with Crippen LogP contribution >= 0.6 is 0 Å². The van der Waals surface area contributed by atoms with Gasteiger partial charge in [-0.25, -0.2) is 0 Å². The summed E-state index contributed by atoms with van der Waals surface area (Å²) in [5, 5.41) is 0. The molecule has 1 atom stereocenters. The molecule has 1 heterocycles. The highest BCUT2D eigenvalue weighted by atomic mass is 15.2. The van der Waals surface area contributed by atoms with Gasteiger partial charge in [0.25, 0.3) is 0 Å². The van der Waals surface area contributed by atoms with E-state index in [1.54, 1.807) is 0 Å². The third-order valence-electron chi connectivity index (χ3n) is 3.83. The molecule has 1 saturated carbocycles. The molecular formula is C12H24N2. The third-order valence-corrected chi connectivity index (χ3v) is 3.83. The molecule has 0 bridgehead atoms. The van der Waals surface area contributed by atoms with Gasteiger partial charge >= 0.3 is 0 Å². The first-order valence-corrected chi connectivity index (χ1v) is 5.90. The lowest BCUT2D eigenvalue weighted by molar-refractivity contribution is 0.219. The van der Waals surface area contributed by atoms with Crippen molar-refractivity contribution in [1.29, 1.82) is 0 Å². The highest BCUT2D eigenvalue weighted by Crippen LogP contribution is 2.39. The van der Waals surface area contributed by atoms with Crippen LogP contribution in [-0.2, 0) is 0 Å². The lowest BCUT2D eigenvalue weighted by atomic mass is 9.93. The van der Waals surface area contributed by atoms with Gasteiger partial charge < -0.3 is 10.6 Å². The van der Waals surface area contributed by atoms with Crippen LogP contribution in [0.2, 0.25) is 0 Å². The van der Waals surface area contributed by atoms with Gasteiger partial charge in [0.05, 0.1) is 0 Å². The van der Waals surface area contributed by atoms with Crippen molar-refractivity contribution in [2.24, 2.45) is 17.1 Å². The smallest absolute Gasteiger partial charge is 0.0283 e. The van der Waals surface area contributed by atoms with E-state index in [0.29, 0.717) is 5.41 Å². The number of rotatable bonds is 3. The summed E-state index contributed by atoms with van der Waals surface area (Å²) < 4.78 is 0. The van der Waals surface area contributed by atoms with Crippen LogP contribution in [0, 0.1) is 11.3 Å². The van der Waals surface area contributed by atoms with Gasteiger partial charge in [-0.1, -0.05) is 13.8 Å². The maximum Gasteiger partial charge on any atom is 0.0283 e. The fraction of sp³-hybridized carbons (Fsp3) is 1.00. The second kappa shape index (κ2) is 3.21. The lowest BCUT2D eigenvalue weighted by Gasteiger charge is -2.31. The Kier molecular flexibility index (Phi) is 2.39. The van der Waals surface area contributed by atoms with E-state index in [4.69, 9.17) is 5.73 Å². The molecule has 2 rings (SSSR count). The van der Waals surface area contributed by atoms with Gasteiger partial charge in [-0.05, 0) is 44.1 Å². The summed E-state index contributed by atoms with van der Waals surface area (Å²) in [5.41, 5.74) is 6.93. The van der Waals surface area contributed by atoms with Crippen molar-refractivity contribution in [1.82, 2.24) is 4.90 Å². The van der Waals surface area contributed by atoms with E-state index in [-0.39, 0.29) is 5.54 Å². The van der Waals surface area contributed by atoms with E-state index in [0.717, 1.165) is 12.5 Å². The molecule has 82 valence electrons. The van der Waals surface area contributed by atoms with Crippen LogP contribution in [-0.4, -0.2) is 30.1 Å². The van der Waals surface area contributed by atoms with Crippen LogP contribution in [0.5, 0.6) is 0 Å². The first-order chi connectivity index (χ1) is 6.39. The molecule has 2 nitrogen and oxygen atoms in total. The van der Waals surface area contributed by atoms with Gasteiger partial charge in [-0.3, -0.25) is 0 Å². The fourth-order valence-electron chi connectivity index (χ4n) is 2.71. The van der Waals surface area contributed by atoms with Crippen LogP contribution in [0.1, 0.15) is 40.0 Å². The zero-order valence-corrected chi connectivity index (χ0v) is 9.84. The monoisotopic (exact) mass is 196 g/mol. The van der Waals surface area contributed by atoms with Gasteiger partial charge in [-0.15, -0.1) is 0 Å². The van der Waals surface area contributed by atoms with Crippen molar-refractivity contribution >= 4 is 0 Å². The van der Waals surface area contributed by atoms with Crippen molar-refractivity contribution in [2.45, 2.75) is 45.6 Å². The highest BCUT2D eigenvalue weighted by molar-refractivity contribution is 4.98. The van der Waals surface area contributed by atoms with Crippen molar-refractivity contribution in [3.8, 4) is 0 Å². The molecule has 0 aromatic carbocycles. The highest BCUT2D eigenvalue weighted by Gasteiger charge is 2.41. The molecule has 2 aliphatic rings. The van der Waals surface area contributed by atoms with Crippen molar-refractivity contribution < 1.29 is 0 Å². The van der Waals surface area contributed by atoms with E-state index < -0.39 is 0 Å². The quantitative estimate of drug-likeness (QED) is 0.746. The van der Waals surface area contributed by atoms with Crippen LogP contribution in [0.15, 0.2) is 0 Å². The minimum atomic E-state index is 0.0699.